The fourth-order valence-corrected chi connectivity index (χ4v) is 6.43. The van der Waals surface area contributed by atoms with Crippen LogP contribution in [0.4, 0.5) is 0 Å². The minimum atomic E-state index is -0.316. The van der Waals surface area contributed by atoms with E-state index in [1.807, 2.05) is 13.8 Å². The van der Waals surface area contributed by atoms with E-state index in [9.17, 15) is 19.2 Å². The third kappa shape index (κ3) is 4.36. The van der Waals surface area contributed by atoms with Crippen molar-refractivity contribution < 1.29 is 0 Å². The van der Waals surface area contributed by atoms with Gasteiger partial charge in [-0.1, -0.05) is 0 Å². The number of nitrogens with zero attached hydrogens (tertiary/aromatic N) is 4. The molecule has 2 aromatic rings. The Hall–Kier alpha value is -2.02. The molecule has 5 rings (SSSR count). The van der Waals surface area contributed by atoms with Crippen LogP contribution in [-0.2, 0) is 13.1 Å². The van der Waals surface area contributed by atoms with Crippen molar-refractivity contribution in [3.8, 4) is 0 Å². The zero-order chi connectivity index (χ0) is 24.0. The van der Waals surface area contributed by atoms with Gasteiger partial charge >= 0.3 is 11.4 Å². The summed E-state index contributed by atoms with van der Waals surface area (Å²) in [6, 6.07) is 0.321. The molecule has 2 N–H and O–H groups in total. The lowest BCUT2D eigenvalue weighted by Crippen LogP contribution is -2.48. The number of thioether (sulfide) groups is 2. The predicted octanol–water partition coefficient (Wildman–Crippen LogP) is -0.103. The number of H-pyrrole nitrogens is 2. The second-order valence-electron chi connectivity index (χ2n) is 9.32. The molecule has 12 heteroatoms. The fraction of sp³-hybridized carbons (Fsp3) is 0.636. The zero-order valence-electron chi connectivity index (χ0n) is 19.5. The maximum Gasteiger partial charge on any atom is 0.328 e. The molecule has 2 aromatic heterocycles. The van der Waals surface area contributed by atoms with E-state index in [2.05, 4.69) is 19.8 Å². The minimum Gasteiger partial charge on any atom is -0.296 e. The predicted molar refractivity (Wildman–Crippen MR) is 135 cm³/mol. The first-order chi connectivity index (χ1) is 16.3. The third-order valence-electron chi connectivity index (χ3n) is 7.22. The summed E-state index contributed by atoms with van der Waals surface area (Å²) in [5, 5.41) is 0. The summed E-state index contributed by atoms with van der Waals surface area (Å²) in [5.74, 6) is 3.60. The molecule has 34 heavy (non-hydrogen) atoms. The molecule has 0 atom stereocenters. The van der Waals surface area contributed by atoms with Crippen LogP contribution in [0.3, 0.4) is 0 Å². The van der Waals surface area contributed by atoms with Crippen LogP contribution in [0.5, 0.6) is 0 Å². The minimum absolute atomic E-state index is 0.160. The highest BCUT2D eigenvalue weighted by Gasteiger charge is 2.28. The molecule has 10 nitrogen and oxygen atoms in total. The van der Waals surface area contributed by atoms with Gasteiger partial charge in [-0.2, -0.15) is 23.5 Å². The van der Waals surface area contributed by atoms with Crippen LogP contribution in [0.2, 0.25) is 0 Å². The van der Waals surface area contributed by atoms with Gasteiger partial charge in [-0.3, -0.25) is 38.5 Å². The highest BCUT2D eigenvalue weighted by atomic mass is 32.2. The standard InChI is InChI=1S/C22H30N6O4S2/c1-13-17(19(29)23-21(31)27(13)15-9-33-10-15)7-25-3-5-26(6-4-25)8-18-14(2)28(16-11-34-12-16)22(32)24-20(18)30/h15-16H,3-12H2,1-2H3,(H,23,29,31)(H,24,30,32). The first-order valence-corrected chi connectivity index (χ1v) is 13.9. The number of aromatic nitrogens is 4. The first-order valence-electron chi connectivity index (χ1n) is 11.6. The molecule has 0 spiro atoms. The molecule has 184 valence electrons. The normalized spacial score (nSPS) is 20.3. The fourth-order valence-electron chi connectivity index (χ4n) is 4.94. The van der Waals surface area contributed by atoms with Gasteiger partial charge in [-0.25, -0.2) is 9.59 Å². The van der Waals surface area contributed by atoms with Gasteiger partial charge in [0.05, 0.1) is 23.2 Å². The lowest BCUT2D eigenvalue weighted by Gasteiger charge is -2.36. The van der Waals surface area contributed by atoms with E-state index in [1.54, 1.807) is 32.7 Å². The van der Waals surface area contributed by atoms with Gasteiger partial charge in [0.15, 0.2) is 0 Å². The van der Waals surface area contributed by atoms with Gasteiger partial charge in [0, 0.05) is 73.7 Å². The molecule has 3 aliphatic rings. The van der Waals surface area contributed by atoms with E-state index in [4.69, 9.17) is 0 Å². The summed E-state index contributed by atoms with van der Waals surface area (Å²) in [6.45, 7) is 7.77. The van der Waals surface area contributed by atoms with Crippen LogP contribution in [0.15, 0.2) is 19.2 Å². The Bertz CT molecular complexity index is 1210. The number of rotatable bonds is 6. The Balaban J connectivity index is 1.27. The van der Waals surface area contributed by atoms with Gasteiger partial charge in [-0.05, 0) is 13.8 Å². The van der Waals surface area contributed by atoms with Gasteiger partial charge in [-0.15, -0.1) is 0 Å². The molecular weight excluding hydrogens is 476 g/mol. The summed E-state index contributed by atoms with van der Waals surface area (Å²) in [6.07, 6.45) is 0. The number of nitrogens with one attached hydrogen (secondary N) is 2. The summed E-state index contributed by atoms with van der Waals surface area (Å²) in [5.41, 5.74) is 1.61. The molecule has 0 bridgehead atoms. The SMILES string of the molecule is Cc1c(CN2CCN(Cc3c(C)n(C4CSC4)c(=O)[nH]c3=O)CC2)c(=O)[nH]c(=O)n1C1CSC1. The van der Waals surface area contributed by atoms with Gasteiger partial charge in [0.1, 0.15) is 0 Å². The quantitative estimate of drug-likeness (QED) is 0.558. The van der Waals surface area contributed by atoms with Gasteiger partial charge in [0.2, 0.25) is 0 Å². The van der Waals surface area contributed by atoms with E-state index < -0.39 is 0 Å². The van der Waals surface area contributed by atoms with Gasteiger partial charge < -0.3 is 0 Å². The Kier molecular flexibility index (Phi) is 6.66. The zero-order valence-corrected chi connectivity index (χ0v) is 21.1. The van der Waals surface area contributed by atoms with Crippen LogP contribution in [0.1, 0.15) is 34.6 Å². The average molecular weight is 507 g/mol. The monoisotopic (exact) mass is 506 g/mol. The summed E-state index contributed by atoms with van der Waals surface area (Å²) in [4.78, 5) is 59.3. The largest absolute Gasteiger partial charge is 0.328 e. The molecule has 0 aliphatic carbocycles. The Morgan fingerprint density at radius 2 is 1.03 bits per heavy atom. The summed E-state index contributed by atoms with van der Waals surface area (Å²) in [7, 11) is 0. The van der Waals surface area contributed by atoms with Crippen molar-refractivity contribution in [3.63, 3.8) is 0 Å². The Labute approximate surface area is 204 Å². The molecule has 5 heterocycles. The van der Waals surface area contributed by atoms with Crippen LogP contribution in [0, 0.1) is 13.8 Å². The maximum atomic E-state index is 12.6. The first kappa shape index (κ1) is 23.7. The lowest BCUT2D eigenvalue weighted by atomic mass is 10.1. The van der Waals surface area contributed by atoms with Gasteiger partial charge in [0.25, 0.3) is 11.1 Å². The average Bonchev–Trinajstić information content (AvgIpc) is 2.72. The molecule has 3 saturated heterocycles. The molecule has 0 unspecified atom stereocenters. The Morgan fingerprint density at radius 1 is 0.676 bits per heavy atom. The number of hydrogen-bond acceptors (Lipinski definition) is 8. The van der Waals surface area contributed by atoms with Crippen LogP contribution < -0.4 is 22.5 Å². The van der Waals surface area contributed by atoms with Crippen LogP contribution in [-0.4, -0.2) is 78.1 Å². The summed E-state index contributed by atoms with van der Waals surface area (Å²) >= 11 is 3.60. The topological polar surface area (TPSA) is 116 Å². The maximum absolute atomic E-state index is 12.6. The van der Waals surface area contributed by atoms with Crippen molar-refractivity contribution in [1.82, 2.24) is 28.9 Å². The van der Waals surface area contributed by atoms with Crippen molar-refractivity contribution in [2.75, 3.05) is 49.2 Å². The number of aromatic amines is 2. The summed E-state index contributed by atoms with van der Waals surface area (Å²) < 4.78 is 3.49. The highest BCUT2D eigenvalue weighted by molar-refractivity contribution is 8.00. The molecular formula is C22H30N6O4S2. The smallest absolute Gasteiger partial charge is 0.296 e. The van der Waals surface area contributed by atoms with Crippen molar-refractivity contribution in [1.29, 1.82) is 0 Å². The second-order valence-corrected chi connectivity index (χ2v) is 11.5. The molecule has 0 radical (unpaired) electrons. The van der Waals surface area contributed by atoms with Crippen LogP contribution >= 0.6 is 23.5 Å². The lowest BCUT2D eigenvalue weighted by molar-refractivity contribution is 0.120. The van der Waals surface area contributed by atoms with Crippen molar-refractivity contribution in [2.45, 2.75) is 39.0 Å². The highest BCUT2D eigenvalue weighted by Crippen LogP contribution is 2.30. The second kappa shape index (κ2) is 9.56. The van der Waals surface area contributed by atoms with E-state index in [0.29, 0.717) is 24.2 Å². The number of piperazine rings is 1. The Morgan fingerprint density at radius 3 is 1.32 bits per heavy atom. The van der Waals surface area contributed by atoms with Crippen molar-refractivity contribution >= 4 is 23.5 Å². The van der Waals surface area contributed by atoms with Crippen molar-refractivity contribution in [2.24, 2.45) is 0 Å². The van der Waals surface area contributed by atoms with Crippen LogP contribution in [0.25, 0.3) is 0 Å². The van der Waals surface area contributed by atoms with E-state index in [-0.39, 0.29) is 34.6 Å². The van der Waals surface area contributed by atoms with E-state index >= 15 is 0 Å². The molecule has 0 aromatic carbocycles. The molecule has 3 fully saturated rings. The van der Waals surface area contributed by atoms with Crippen molar-refractivity contribution in [3.05, 3.63) is 64.2 Å². The van der Waals surface area contributed by atoms with E-state index in [1.165, 1.54) is 0 Å². The molecule has 0 saturated carbocycles. The molecule has 3 aliphatic heterocycles. The molecule has 0 amide bonds. The number of hydrogen-bond donors (Lipinski definition) is 2. The van der Waals surface area contributed by atoms with E-state index in [0.717, 1.165) is 60.6 Å². The third-order valence-corrected chi connectivity index (χ3v) is 9.70.